The van der Waals surface area contributed by atoms with E-state index in [4.69, 9.17) is 34.8 Å². The van der Waals surface area contributed by atoms with E-state index in [1.807, 2.05) is 0 Å². The number of hydrogen-bond acceptors (Lipinski definition) is 3. The van der Waals surface area contributed by atoms with Crippen LogP contribution in [0.15, 0.2) is 48.5 Å². The Balaban J connectivity index is 1.56. The molecule has 3 aromatic rings. The third kappa shape index (κ3) is 7.36. The van der Waals surface area contributed by atoms with Crippen LogP contribution in [0, 0.1) is 17.6 Å². The van der Waals surface area contributed by atoms with Crippen LogP contribution in [-0.2, 0) is 28.4 Å². The van der Waals surface area contributed by atoms with Crippen molar-refractivity contribution in [3.63, 3.8) is 0 Å². The van der Waals surface area contributed by atoms with Crippen molar-refractivity contribution in [2.24, 2.45) is 5.92 Å². The number of rotatable bonds is 8. The lowest BCUT2D eigenvalue weighted by Gasteiger charge is -2.14. The second-order valence-corrected chi connectivity index (χ2v) is 11.8. The van der Waals surface area contributed by atoms with E-state index in [0.717, 1.165) is 18.2 Å². The molecule has 2 N–H and O–H groups in total. The zero-order chi connectivity index (χ0) is 34.5. The van der Waals surface area contributed by atoms with E-state index < -0.39 is 98.5 Å². The number of ketones is 1. The molecule has 1 aliphatic carbocycles. The second-order valence-electron chi connectivity index (χ2n) is 9.94. The molecule has 46 heavy (non-hydrogen) atoms. The van der Waals surface area contributed by atoms with E-state index >= 15 is 0 Å². The van der Waals surface area contributed by atoms with Crippen LogP contribution in [-0.4, -0.2) is 28.4 Å². The lowest BCUT2D eigenvalue weighted by Crippen LogP contribution is -2.22. The van der Waals surface area contributed by atoms with Gasteiger partial charge < -0.3 is 10.6 Å². The molecule has 18 heteroatoms. The van der Waals surface area contributed by atoms with Crippen LogP contribution in [0.5, 0.6) is 0 Å². The van der Waals surface area contributed by atoms with Crippen molar-refractivity contribution >= 4 is 63.8 Å². The van der Waals surface area contributed by atoms with Crippen molar-refractivity contribution < 1.29 is 58.3 Å². The monoisotopic (exact) mass is 722 g/mol. The van der Waals surface area contributed by atoms with Gasteiger partial charge >= 0.3 is 18.8 Å². The van der Waals surface area contributed by atoms with E-state index in [0.29, 0.717) is 18.2 Å². The fourth-order valence-electron chi connectivity index (χ4n) is 4.56. The second kappa shape index (κ2) is 12.6. The van der Waals surface area contributed by atoms with Crippen molar-refractivity contribution in [1.29, 1.82) is 0 Å². The predicted molar refractivity (Wildman–Crippen MR) is 146 cm³/mol. The van der Waals surface area contributed by atoms with Gasteiger partial charge in [0.25, 0.3) is 5.91 Å². The van der Waals surface area contributed by atoms with Crippen LogP contribution in [0.25, 0.3) is 0 Å². The fourth-order valence-corrected chi connectivity index (χ4v) is 5.61. The fraction of sp³-hybridized carbons (Fsp3) is 0.250. The molecule has 0 aromatic heterocycles. The third-order valence-electron chi connectivity index (χ3n) is 6.81. The molecule has 2 unspecified atom stereocenters. The summed E-state index contributed by atoms with van der Waals surface area (Å²) in [5, 5.41) is 3.44. The van der Waals surface area contributed by atoms with E-state index in [-0.39, 0.29) is 22.3 Å². The van der Waals surface area contributed by atoms with Crippen molar-refractivity contribution in [3.8, 4) is 0 Å². The van der Waals surface area contributed by atoms with Gasteiger partial charge in [0.05, 0.1) is 22.1 Å². The Bertz CT molecular complexity index is 1700. The number of amides is 2. The van der Waals surface area contributed by atoms with Crippen molar-refractivity contribution in [3.05, 3.63) is 93.0 Å². The summed E-state index contributed by atoms with van der Waals surface area (Å²) in [6.45, 7) is 0. The Morgan fingerprint density at radius 3 is 1.98 bits per heavy atom. The van der Waals surface area contributed by atoms with Gasteiger partial charge in [-0.2, -0.15) is 35.1 Å². The average molecular weight is 724 g/mol. The molecule has 0 saturated heterocycles. The Labute approximate surface area is 266 Å². The van der Waals surface area contributed by atoms with Crippen molar-refractivity contribution in [1.82, 2.24) is 0 Å². The number of anilines is 2. The van der Waals surface area contributed by atoms with E-state index in [1.54, 1.807) is 0 Å². The molecule has 1 aliphatic rings. The summed E-state index contributed by atoms with van der Waals surface area (Å²) in [7, 11) is 0. The number of carbonyl (C=O) groups excluding carboxylic acids is 3. The molecule has 0 radical (unpaired) electrons. The van der Waals surface area contributed by atoms with Crippen LogP contribution >= 0.6 is 34.8 Å². The Hall–Kier alpha value is -3.56. The first-order valence-corrected chi connectivity index (χ1v) is 13.6. The molecular formula is C28H15Cl3F10N2O3. The molecule has 1 saturated carbocycles. The van der Waals surface area contributed by atoms with Gasteiger partial charge in [0.15, 0.2) is 11.6 Å². The lowest BCUT2D eigenvalue weighted by atomic mass is 10.0. The summed E-state index contributed by atoms with van der Waals surface area (Å²) in [6, 6.07) is 5.39. The topological polar surface area (TPSA) is 75.3 Å². The Morgan fingerprint density at radius 2 is 1.43 bits per heavy atom. The maximum Gasteiger partial charge on any atom is 0.416 e. The maximum absolute atomic E-state index is 14.8. The molecule has 246 valence electrons. The number of carbonyl (C=O) groups is 3. The number of benzene rings is 3. The highest BCUT2D eigenvalue weighted by Gasteiger charge is 2.68. The summed E-state index contributed by atoms with van der Waals surface area (Å²) >= 11 is 18.3. The van der Waals surface area contributed by atoms with Gasteiger partial charge in [0.1, 0.15) is 15.8 Å². The highest BCUT2D eigenvalue weighted by atomic mass is 35.5. The zero-order valence-electron chi connectivity index (χ0n) is 22.2. The Kier molecular flexibility index (Phi) is 9.64. The zero-order valence-corrected chi connectivity index (χ0v) is 24.5. The first-order valence-electron chi connectivity index (χ1n) is 12.5. The van der Waals surface area contributed by atoms with Gasteiger partial charge in [-0.25, -0.2) is 8.78 Å². The number of nitrogens with one attached hydrogen (secondary N) is 2. The van der Waals surface area contributed by atoms with Crippen LogP contribution < -0.4 is 10.6 Å². The summed E-state index contributed by atoms with van der Waals surface area (Å²) in [6.07, 6.45) is -14.8. The largest absolute Gasteiger partial charge is 0.416 e. The van der Waals surface area contributed by atoms with Gasteiger partial charge in [-0.3, -0.25) is 14.4 Å². The van der Waals surface area contributed by atoms with Crippen LogP contribution in [0.4, 0.5) is 55.3 Å². The third-order valence-corrected chi connectivity index (χ3v) is 8.08. The number of Topliss-reactive ketones (excluding diaryl/α,β-unsaturated/α-hetero) is 1. The number of alkyl halides is 10. The summed E-state index contributed by atoms with van der Waals surface area (Å²) < 4.78 is 132. The first-order chi connectivity index (χ1) is 21.1. The highest BCUT2D eigenvalue weighted by Crippen LogP contribution is 2.65. The highest BCUT2D eigenvalue weighted by molar-refractivity contribution is 6.53. The molecule has 0 aliphatic heterocycles. The van der Waals surface area contributed by atoms with Gasteiger partial charge in [-0.1, -0.05) is 17.7 Å². The van der Waals surface area contributed by atoms with Gasteiger partial charge in [0.2, 0.25) is 5.91 Å². The smallest absolute Gasteiger partial charge is 0.326 e. The molecule has 5 nitrogen and oxygen atoms in total. The van der Waals surface area contributed by atoms with E-state index in [9.17, 15) is 58.3 Å². The van der Waals surface area contributed by atoms with Crippen LogP contribution in [0.1, 0.15) is 38.5 Å². The number of halogens is 13. The average Bonchev–Trinajstić information content (AvgIpc) is 3.53. The van der Waals surface area contributed by atoms with Crippen molar-refractivity contribution in [2.45, 2.75) is 35.5 Å². The maximum atomic E-state index is 14.8. The normalized spacial score (nSPS) is 17.5. The van der Waals surface area contributed by atoms with Crippen LogP contribution in [0.2, 0.25) is 5.02 Å². The quantitative estimate of drug-likeness (QED) is 0.139. The van der Waals surface area contributed by atoms with E-state index in [2.05, 4.69) is 5.32 Å². The Morgan fingerprint density at radius 1 is 0.848 bits per heavy atom. The minimum absolute atomic E-state index is 0.102. The van der Waals surface area contributed by atoms with Gasteiger partial charge in [-0.15, -0.1) is 23.2 Å². The summed E-state index contributed by atoms with van der Waals surface area (Å²) in [5.41, 5.74) is -6.17. The molecular weight excluding hydrogens is 709 g/mol. The summed E-state index contributed by atoms with van der Waals surface area (Å²) in [5.74, 6) is -9.97. The summed E-state index contributed by atoms with van der Waals surface area (Å²) in [4.78, 5) is 37.2. The number of hydrogen-bond donors (Lipinski definition) is 2. The molecule has 0 spiro atoms. The molecule has 0 bridgehead atoms. The molecule has 2 amide bonds. The SMILES string of the molecule is O=C(Cc1ccc(F)c(NC(=O)C(F)F)c1F)c1cc(NC(=O)C2C(c3cc(C(F)(F)F)cc(C(F)(F)F)c3)C2(Cl)Cl)ccc1Cl. The minimum Gasteiger partial charge on any atom is -0.326 e. The standard InChI is InChI=1S/C28H15Cl3F10N2O3/c29-16-3-2-14(9-15(16)18(44)7-10-1-4-17(32)22(21(10)33)43-25(46)23(34)35)42-24(45)20-19(26(20,30)31)11-5-12(27(36,37)38)8-13(6-11)28(39,40)41/h1-6,8-9,19-20,23H,7H2,(H,42,45)(H,43,46). The minimum atomic E-state index is -5.17. The van der Waals surface area contributed by atoms with Gasteiger partial charge in [-0.05, 0) is 53.6 Å². The van der Waals surface area contributed by atoms with Crippen molar-refractivity contribution in [2.75, 3.05) is 10.6 Å². The lowest BCUT2D eigenvalue weighted by molar-refractivity contribution is -0.143. The molecule has 3 aromatic carbocycles. The molecule has 4 rings (SSSR count). The molecule has 2 atom stereocenters. The predicted octanol–water partition coefficient (Wildman–Crippen LogP) is 8.81. The van der Waals surface area contributed by atoms with E-state index in [1.165, 1.54) is 11.4 Å². The van der Waals surface area contributed by atoms with Crippen LogP contribution in [0.3, 0.4) is 0 Å². The van der Waals surface area contributed by atoms with Gasteiger partial charge in [0, 0.05) is 23.6 Å². The molecule has 0 heterocycles. The molecule has 1 fully saturated rings. The first kappa shape index (κ1) is 35.3.